The zero-order chi connectivity index (χ0) is 4.12. The summed E-state index contributed by atoms with van der Waals surface area (Å²) in [4.78, 5) is 0. The molecule has 29 valence electrons. The largest absolute Gasteiger partial charge is 0.316 e. The maximum absolute atomic E-state index is 7.69. The van der Waals surface area contributed by atoms with Gasteiger partial charge in [-0.25, -0.2) is 0 Å². The molecule has 0 aliphatic carbocycles. The molecule has 0 bridgehead atoms. The van der Waals surface area contributed by atoms with Crippen molar-refractivity contribution in [2.45, 2.75) is 0 Å². The standard InChI is InChI=1S/C3H6NO/c1-2-3-4-5/h2-5H,1H2. The third kappa shape index (κ3) is 3.66. The minimum absolute atomic E-state index is 1.32. The summed E-state index contributed by atoms with van der Waals surface area (Å²) in [7, 11) is 0. The van der Waals surface area contributed by atoms with Crippen LogP contribution in [-0.2, 0) is 0 Å². The number of nitrogens with one attached hydrogen (secondary N) is 1. The first-order chi connectivity index (χ1) is 2.41. The maximum Gasteiger partial charge on any atom is 0.0708 e. The Kier molecular flexibility index (Phi) is 3.41. The van der Waals surface area contributed by atoms with Crippen molar-refractivity contribution in [1.29, 1.82) is 0 Å². The zero-order valence-electron chi connectivity index (χ0n) is 2.81. The van der Waals surface area contributed by atoms with Gasteiger partial charge in [0.1, 0.15) is 0 Å². The summed E-state index contributed by atoms with van der Waals surface area (Å²) in [5, 5.41) is 7.69. The molecule has 0 saturated heterocycles. The molecule has 0 aliphatic rings. The Hall–Kier alpha value is -0.340. The van der Waals surface area contributed by atoms with Gasteiger partial charge in [-0.15, -0.1) is 6.58 Å². The molecule has 1 radical (unpaired) electrons. The van der Waals surface area contributed by atoms with Crippen LogP contribution in [-0.4, -0.2) is 5.21 Å². The second-order valence-electron chi connectivity index (χ2n) is 0.531. The normalized spacial score (nSPS) is 7.40. The van der Waals surface area contributed by atoms with Gasteiger partial charge in [0.05, 0.1) is 6.54 Å². The molecule has 0 aromatic rings. The topological polar surface area (TPSA) is 32.3 Å². The highest BCUT2D eigenvalue weighted by Gasteiger charge is 1.59. The molecule has 2 nitrogen and oxygen atoms in total. The van der Waals surface area contributed by atoms with Gasteiger partial charge in [-0.05, 0) is 0 Å². The van der Waals surface area contributed by atoms with E-state index in [9.17, 15) is 0 Å². The van der Waals surface area contributed by atoms with Crippen molar-refractivity contribution >= 4 is 0 Å². The third-order valence-electron chi connectivity index (χ3n) is 0.192. The first kappa shape index (κ1) is 4.66. The Bertz CT molecular complexity index is 28.1. The molecule has 0 aromatic carbocycles. The van der Waals surface area contributed by atoms with Gasteiger partial charge in [-0.2, -0.15) is 5.48 Å². The molecule has 2 N–H and O–H groups in total. The Morgan fingerprint density at radius 1 is 1.80 bits per heavy atom. The van der Waals surface area contributed by atoms with E-state index in [4.69, 9.17) is 5.21 Å². The molecule has 0 aliphatic heterocycles. The Morgan fingerprint density at radius 2 is 2.40 bits per heavy atom. The van der Waals surface area contributed by atoms with Crippen LogP contribution in [0.3, 0.4) is 0 Å². The fourth-order valence-corrected chi connectivity index (χ4v) is 0.0527. The monoisotopic (exact) mass is 72.0 g/mol. The van der Waals surface area contributed by atoms with Crippen LogP contribution in [0.4, 0.5) is 0 Å². The van der Waals surface area contributed by atoms with Crippen molar-refractivity contribution < 1.29 is 5.21 Å². The quantitative estimate of drug-likeness (QED) is 0.460. The Balaban J connectivity index is 2.40. The van der Waals surface area contributed by atoms with E-state index >= 15 is 0 Å². The molecule has 0 amide bonds. The molecular weight excluding hydrogens is 66.0 g/mol. The lowest BCUT2D eigenvalue weighted by Gasteiger charge is -1.77. The van der Waals surface area contributed by atoms with Gasteiger partial charge in [0.2, 0.25) is 0 Å². The second kappa shape index (κ2) is 3.66. The van der Waals surface area contributed by atoms with Crippen LogP contribution >= 0.6 is 0 Å². The summed E-state index contributed by atoms with van der Waals surface area (Å²) in [5.41, 5.74) is 1.77. The van der Waals surface area contributed by atoms with Crippen LogP contribution in [0.25, 0.3) is 0 Å². The van der Waals surface area contributed by atoms with Gasteiger partial charge in [0.25, 0.3) is 0 Å². The van der Waals surface area contributed by atoms with E-state index in [1.807, 2.05) is 0 Å². The maximum atomic E-state index is 7.69. The molecule has 0 heterocycles. The summed E-state index contributed by atoms with van der Waals surface area (Å²) in [5.74, 6) is 0. The average molecular weight is 72.1 g/mol. The molecule has 0 saturated carbocycles. The predicted octanol–water partition coefficient (Wildman–Crippen LogP) is 0.313. The van der Waals surface area contributed by atoms with Crippen LogP contribution in [0.15, 0.2) is 12.7 Å². The van der Waals surface area contributed by atoms with Gasteiger partial charge in [0.15, 0.2) is 0 Å². The van der Waals surface area contributed by atoms with Gasteiger partial charge in [-0.3, -0.25) is 0 Å². The van der Waals surface area contributed by atoms with E-state index in [1.165, 1.54) is 12.6 Å². The summed E-state index contributed by atoms with van der Waals surface area (Å²) in [6.07, 6.45) is 1.44. The van der Waals surface area contributed by atoms with E-state index in [2.05, 4.69) is 6.58 Å². The Labute approximate surface area is 31.1 Å². The van der Waals surface area contributed by atoms with E-state index in [1.54, 1.807) is 5.48 Å². The van der Waals surface area contributed by atoms with Crippen molar-refractivity contribution in [3.63, 3.8) is 0 Å². The van der Waals surface area contributed by atoms with E-state index in [0.29, 0.717) is 0 Å². The van der Waals surface area contributed by atoms with Crippen molar-refractivity contribution in [3.05, 3.63) is 19.2 Å². The molecule has 0 atom stereocenters. The van der Waals surface area contributed by atoms with E-state index in [-0.39, 0.29) is 0 Å². The minimum Gasteiger partial charge on any atom is -0.316 e. The lowest BCUT2D eigenvalue weighted by Crippen LogP contribution is -1.97. The van der Waals surface area contributed by atoms with Crippen LogP contribution in [0.1, 0.15) is 0 Å². The second-order valence-corrected chi connectivity index (χ2v) is 0.531. The lowest BCUT2D eigenvalue weighted by atomic mass is 10.7. The summed E-state index contributed by atoms with van der Waals surface area (Å²) in [6.45, 7) is 4.59. The third-order valence-corrected chi connectivity index (χ3v) is 0.192. The highest BCUT2D eigenvalue weighted by molar-refractivity contribution is 4.79. The van der Waals surface area contributed by atoms with Crippen LogP contribution in [0, 0.1) is 6.54 Å². The van der Waals surface area contributed by atoms with Gasteiger partial charge in [-0.1, -0.05) is 6.08 Å². The van der Waals surface area contributed by atoms with Gasteiger partial charge >= 0.3 is 0 Å². The van der Waals surface area contributed by atoms with Crippen molar-refractivity contribution in [2.24, 2.45) is 0 Å². The van der Waals surface area contributed by atoms with Crippen molar-refractivity contribution in [1.82, 2.24) is 5.48 Å². The average Bonchev–Trinajstić information content (AvgIpc) is 1.41. The SMILES string of the molecule is C=C[CH]NO. The smallest absolute Gasteiger partial charge is 0.0708 e. The van der Waals surface area contributed by atoms with Crippen LogP contribution in [0.2, 0.25) is 0 Å². The number of hydrogen-bond donors (Lipinski definition) is 2. The molecule has 0 spiro atoms. The first-order valence-electron chi connectivity index (χ1n) is 1.25. The lowest BCUT2D eigenvalue weighted by molar-refractivity contribution is 0.201. The van der Waals surface area contributed by atoms with Crippen LogP contribution < -0.4 is 5.48 Å². The van der Waals surface area contributed by atoms with Gasteiger partial charge in [0, 0.05) is 0 Å². The molecule has 0 fully saturated rings. The minimum atomic E-state index is 1.32. The predicted molar refractivity (Wildman–Crippen MR) is 19.4 cm³/mol. The fourth-order valence-electron chi connectivity index (χ4n) is 0.0527. The molecule has 5 heavy (non-hydrogen) atoms. The first-order valence-corrected chi connectivity index (χ1v) is 1.25. The summed E-state index contributed by atoms with van der Waals surface area (Å²) < 4.78 is 0. The molecular formula is C3H6NO. The number of hydroxylamine groups is 1. The highest BCUT2D eigenvalue weighted by Crippen LogP contribution is 1.58. The molecule has 0 unspecified atom stereocenters. The molecule has 0 aromatic heterocycles. The number of hydrogen-bond acceptors (Lipinski definition) is 2. The molecule has 0 rings (SSSR count). The summed E-state index contributed by atoms with van der Waals surface area (Å²) in [6, 6.07) is 0. The van der Waals surface area contributed by atoms with Crippen molar-refractivity contribution in [3.8, 4) is 0 Å². The van der Waals surface area contributed by atoms with Crippen LogP contribution in [0.5, 0.6) is 0 Å². The van der Waals surface area contributed by atoms with E-state index < -0.39 is 0 Å². The van der Waals surface area contributed by atoms with Crippen molar-refractivity contribution in [2.75, 3.05) is 0 Å². The highest BCUT2D eigenvalue weighted by atomic mass is 16.5. The fraction of sp³-hybridized carbons (Fsp3) is 0. The van der Waals surface area contributed by atoms with E-state index in [0.717, 1.165) is 0 Å². The zero-order valence-corrected chi connectivity index (χ0v) is 2.81. The Morgan fingerprint density at radius 3 is 2.40 bits per heavy atom. The molecule has 2 heteroatoms. The van der Waals surface area contributed by atoms with Gasteiger partial charge < -0.3 is 5.21 Å². The number of rotatable bonds is 2. The summed E-state index contributed by atoms with van der Waals surface area (Å²) >= 11 is 0.